The van der Waals surface area contributed by atoms with Crippen LogP contribution in [-0.4, -0.2) is 43.6 Å². The van der Waals surface area contributed by atoms with E-state index in [1.54, 1.807) is 13.0 Å². The number of hydrogen-bond acceptors (Lipinski definition) is 6. The van der Waals surface area contributed by atoms with E-state index < -0.39 is 28.2 Å². The van der Waals surface area contributed by atoms with E-state index in [0.29, 0.717) is 0 Å². The van der Waals surface area contributed by atoms with Crippen LogP contribution >= 0.6 is 0 Å². The Morgan fingerprint density at radius 2 is 1.96 bits per heavy atom. The Bertz CT molecular complexity index is 868. The van der Waals surface area contributed by atoms with Gasteiger partial charge in [0.25, 0.3) is 0 Å². The predicted molar refractivity (Wildman–Crippen MR) is 91.4 cm³/mol. The van der Waals surface area contributed by atoms with Gasteiger partial charge in [-0.25, -0.2) is 8.42 Å². The number of sulfonamides is 1. The number of carbonyl (C=O) groups excluding carboxylic acids is 1. The Balaban J connectivity index is 1.80. The molecule has 0 saturated carbocycles. The number of Topliss-reactive ketones (excluding diaryl/α,β-unsaturated/α-hetero) is 1. The van der Waals surface area contributed by atoms with Crippen LogP contribution in [0.2, 0.25) is 0 Å². The van der Waals surface area contributed by atoms with E-state index in [1.807, 2.05) is 0 Å². The Morgan fingerprint density at radius 1 is 1.29 bits per heavy atom. The number of allylic oxidation sites excluding steroid dienone is 1. The van der Waals surface area contributed by atoms with Crippen molar-refractivity contribution >= 4 is 15.8 Å². The summed E-state index contributed by atoms with van der Waals surface area (Å²) >= 11 is 0. The predicted octanol–water partition coefficient (Wildman–Crippen LogP) is 2.50. The summed E-state index contributed by atoms with van der Waals surface area (Å²) in [6.07, 6.45) is -3.02. The van der Waals surface area contributed by atoms with Gasteiger partial charge in [-0.1, -0.05) is 0 Å². The summed E-state index contributed by atoms with van der Waals surface area (Å²) in [5, 5.41) is 0. The van der Waals surface area contributed by atoms with Crippen molar-refractivity contribution in [1.82, 2.24) is 9.79 Å². The fourth-order valence-electron chi connectivity index (χ4n) is 3.25. The van der Waals surface area contributed by atoms with Crippen molar-refractivity contribution in [2.45, 2.75) is 49.6 Å². The fourth-order valence-corrected chi connectivity index (χ4v) is 4.89. The van der Waals surface area contributed by atoms with E-state index in [9.17, 15) is 26.4 Å². The molecule has 0 aliphatic carbocycles. The number of hydrogen-bond donors (Lipinski definition) is 1. The summed E-state index contributed by atoms with van der Waals surface area (Å²) < 4.78 is 67.8. The third kappa shape index (κ3) is 4.83. The van der Waals surface area contributed by atoms with E-state index in [-0.39, 0.29) is 42.6 Å². The van der Waals surface area contributed by atoms with Crippen molar-refractivity contribution in [2.24, 2.45) is 0 Å². The molecular weight excluding hydrogens is 401 g/mol. The number of ketones is 1. The lowest BCUT2D eigenvalue weighted by atomic mass is 9.98. The van der Waals surface area contributed by atoms with Crippen LogP contribution in [0.15, 0.2) is 40.9 Å². The van der Waals surface area contributed by atoms with Crippen molar-refractivity contribution in [3.8, 4) is 5.75 Å². The molecule has 0 aromatic heterocycles. The van der Waals surface area contributed by atoms with Crippen LogP contribution in [0.4, 0.5) is 13.2 Å². The minimum atomic E-state index is -4.86. The monoisotopic (exact) mass is 420 g/mol. The molecule has 0 spiro atoms. The second-order valence-corrected chi connectivity index (χ2v) is 8.52. The lowest BCUT2D eigenvalue weighted by molar-refractivity contribution is -0.274. The standard InChI is InChI=1S/C17H19F3N2O5S/c1-11-8-15(27-21-11)10-12-9-13(23)6-7-22(12)28(24,25)16-4-2-14(3-5-16)26-17(18,19)20/h2-5,8,12,15,21H,6-7,9-10H2,1H3. The highest BCUT2D eigenvalue weighted by Gasteiger charge is 2.38. The van der Waals surface area contributed by atoms with Gasteiger partial charge in [0.15, 0.2) is 0 Å². The quantitative estimate of drug-likeness (QED) is 0.788. The molecule has 11 heteroatoms. The van der Waals surface area contributed by atoms with Crippen LogP contribution in [0.5, 0.6) is 5.75 Å². The summed E-state index contributed by atoms with van der Waals surface area (Å²) in [7, 11) is -4.00. The van der Waals surface area contributed by atoms with Crippen LogP contribution in [0, 0.1) is 0 Å². The van der Waals surface area contributed by atoms with Gasteiger partial charge < -0.3 is 4.74 Å². The van der Waals surface area contributed by atoms with Crippen molar-refractivity contribution in [3.05, 3.63) is 36.0 Å². The van der Waals surface area contributed by atoms with Crippen molar-refractivity contribution < 1.29 is 36.0 Å². The number of nitrogens with zero attached hydrogens (tertiary/aromatic N) is 1. The van der Waals surface area contributed by atoms with E-state index in [2.05, 4.69) is 10.2 Å². The summed E-state index contributed by atoms with van der Waals surface area (Å²) in [4.78, 5) is 17.0. The first-order valence-electron chi connectivity index (χ1n) is 8.54. The van der Waals surface area contributed by atoms with E-state index in [1.165, 1.54) is 4.31 Å². The molecule has 1 fully saturated rings. The van der Waals surface area contributed by atoms with Crippen molar-refractivity contribution in [3.63, 3.8) is 0 Å². The Hall–Kier alpha value is -2.11. The maximum atomic E-state index is 13.0. The average molecular weight is 420 g/mol. The molecular formula is C17H19F3N2O5S. The number of hydroxylamine groups is 1. The zero-order chi connectivity index (χ0) is 20.5. The summed E-state index contributed by atoms with van der Waals surface area (Å²) in [6.45, 7) is 1.81. The number of benzene rings is 1. The molecule has 1 aromatic carbocycles. The zero-order valence-corrected chi connectivity index (χ0v) is 15.7. The average Bonchev–Trinajstić information content (AvgIpc) is 2.98. The molecule has 1 saturated heterocycles. The first-order valence-corrected chi connectivity index (χ1v) is 9.98. The van der Waals surface area contributed by atoms with Gasteiger partial charge in [0.05, 0.1) is 4.90 Å². The maximum absolute atomic E-state index is 13.0. The van der Waals surface area contributed by atoms with Gasteiger partial charge >= 0.3 is 6.36 Å². The third-order valence-corrected chi connectivity index (χ3v) is 6.42. The lowest BCUT2D eigenvalue weighted by Crippen LogP contribution is -2.47. The molecule has 154 valence electrons. The minimum absolute atomic E-state index is 0.00941. The highest BCUT2D eigenvalue weighted by molar-refractivity contribution is 7.89. The SMILES string of the molecule is CC1=CC(CC2CC(=O)CCN2S(=O)(=O)c2ccc(OC(F)(F)F)cc2)ON1. The van der Waals surface area contributed by atoms with Gasteiger partial charge in [-0.05, 0) is 43.7 Å². The molecule has 2 aliphatic heterocycles. The molecule has 1 aromatic rings. The van der Waals surface area contributed by atoms with Crippen LogP contribution in [0.1, 0.15) is 26.2 Å². The molecule has 2 aliphatic rings. The van der Waals surface area contributed by atoms with Gasteiger partial charge in [0.1, 0.15) is 17.6 Å². The summed E-state index contributed by atoms with van der Waals surface area (Å²) in [5.74, 6) is -0.556. The smallest absolute Gasteiger partial charge is 0.406 e. The molecule has 0 amide bonds. The normalized spacial score (nSPS) is 24.0. The topological polar surface area (TPSA) is 84.9 Å². The second-order valence-electron chi connectivity index (χ2n) is 6.63. The third-order valence-electron chi connectivity index (χ3n) is 4.46. The Morgan fingerprint density at radius 3 is 2.54 bits per heavy atom. The first kappa shape index (κ1) is 20.6. The maximum Gasteiger partial charge on any atom is 0.573 e. The molecule has 1 N–H and O–H groups in total. The molecule has 0 bridgehead atoms. The number of piperidine rings is 1. The van der Waals surface area contributed by atoms with Gasteiger partial charge in [-0.3, -0.25) is 15.1 Å². The summed E-state index contributed by atoms with van der Waals surface area (Å²) in [6, 6.07) is 3.40. The lowest BCUT2D eigenvalue weighted by Gasteiger charge is -2.34. The fraction of sp³-hybridized carbons (Fsp3) is 0.471. The number of carbonyl (C=O) groups is 1. The zero-order valence-electron chi connectivity index (χ0n) is 14.9. The number of ether oxygens (including phenoxy) is 1. The number of halogens is 3. The number of rotatable bonds is 5. The molecule has 0 radical (unpaired) electrons. The van der Waals surface area contributed by atoms with Gasteiger partial charge in [0, 0.05) is 31.1 Å². The Labute approximate surface area is 160 Å². The van der Waals surface area contributed by atoms with Gasteiger partial charge in [0.2, 0.25) is 10.0 Å². The highest BCUT2D eigenvalue weighted by Crippen LogP contribution is 2.30. The number of alkyl halides is 3. The van der Waals surface area contributed by atoms with Crippen molar-refractivity contribution in [1.29, 1.82) is 0 Å². The Kier molecular flexibility index (Phi) is 5.69. The largest absolute Gasteiger partial charge is 0.573 e. The van der Waals surface area contributed by atoms with Crippen molar-refractivity contribution in [2.75, 3.05) is 6.54 Å². The molecule has 7 nitrogen and oxygen atoms in total. The minimum Gasteiger partial charge on any atom is -0.406 e. The van der Waals surface area contributed by atoms with Crippen LogP contribution in [0.3, 0.4) is 0 Å². The van der Waals surface area contributed by atoms with Gasteiger partial charge in [-0.2, -0.15) is 4.31 Å². The number of nitrogens with one attached hydrogen (secondary N) is 1. The second kappa shape index (κ2) is 7.72. The first-order chi connectivity index (χ1) is 13.0. The molecule has 2 unspecified atom stereocenters. The van der Waals surface area contributed by atoms with Gasteiger partial charge in [-0.15, -0.1) is 13.2 Å². The summed E-state index contributed by atoms with van der Waals surface area (Å²) in [5.41, 5.74) is 3.48. The highest BCUT2D eigenvalue weighted by atomic mass is 32.2. The van der Waals surface area contributed by atoms with E-state index in [0.717, 1.165) is 30.0 Å². The van der Waals surface area contributed by atoms with E-state index >= 15 is 0 Å². The molecule has 2 heterocycles. The van der Waals surface area contributed by atoms with Crippen LogP contribution < -0.4 is 10.2 Å². The molecule has 2 atom stereocenters. The van der Waals surface area contributed by atoms with E-state index in [4.69, 9.17) is 4.84 Å². The van der Waals surface area contributed by atoms with Crippen LogP contribution in [0.25, 0.3) is 0 Å². The molecule has 28 heavy (non-hydrogen) atoms. The van der Waals surface area contributed by atoms with Crippen LogP contribution in [-0.2, 0) is 19.7 Å². The molecule has 3 rings (SSSR count).